The summed E-state index contributed by atoms with van der Waals surface area (Å²) < 4.78 is 15.5. The fourth-order valence-electron chi connectivity index (χ4n) is 4.70. The topological polar surface area (TPSA) is 134 Å². The fourth-order valence-corrected chi connectivity index (χ4v) is 4.70. The predicted octanol–water partition coefficient (Wildman–Crippen LogP) is 3.10. The van der Waals surface area contributed by atoms with Crippen LogP contribution >= 0.6 is 0 Å². The summed E-state index contributed by atoms with van der Waals surface area (Å²) in [5, 5.41) is 14.8. The third-order valence-corrected chi connectivity index (χ3v) is 6.39. The average molecular weight is 487 g/mol. The molecule has 1 aliphatic heterocycles. The summed E-state index contributed by atoms with van der Waals surface area (Å²) in [6.45, 7) is 7.59. The van der Waals surface area contributed by atoms with Gasteiger partial charge in [0.15, 0.2) is 5.78 Å². The maximum atomic E-state index is 13.7. The number of allylic oxidation sites excluding steroid dienone is 3. The molecule has 10 nitrogen and oxygen atoms in total. The molecule has 0 amide bonds. The van der Waals surface area contributed by atoms with E-state index in [1.807, 2.05) is 6.92 Å². The third kappa shape index (κ3) is 5.12. The molecule has 1 aromatic rings. The highest BCUT2D eigenvalue weighted by Gasteiger charge is 2.47. The van der Waals surface area contributed by atoms with E-state index in [9.17, 15) is 24.5 Å². The summed E-state index contributed by atoms with van der Waals surface area (Å²) >= 11 is 0. The van der Waals surface area contributed by atoms with Gasteiger partial charge in [-0.1, -0.05) is 19.1 Å². The summed E-state index contributed by atoms with van der Waals surface area (Å²) in [6, 6.07) is 4.61. The Bertz CT molecular complexity index is 1120. The van der Waals surface area contributed by atoms with Crippen molar-refractivity contribution in [3.63, 3.8) is 0 Å². The van der Waals surface area contributed by atoms with Gasteiger partial charge < -0.3 is 19.5 Å². The molecule has 3 atom stereocenters. The van der Waals surface area contributed by atoms with Crippen molar-refractivity contribution in [2.45, 2.75) is 40.0 Å². The van der Waals surface area contributed by atoms with Gasteiger partial charge in [-0.15, -0.1) is 0 Å². The smallest absolute Gasteiger partial charge is 0.336 e. The molecule has 0 unspecified atom stereocenters. The molecular weight excluding hydrogens is 456 g/mol. The lowest BCUT2D eigenvalue weighted by Gasteiger charge is -2.38. The van der Waals surface area contributed by atoms with Crippen LogP contribution in [0, 0.1) is 28.9 Å². The van der Waals surface area contributed by atoms with Crippen LogP contribution in [0.3, 0.4) is 0 Å². The van der Waals surface area contributed by atoms with Gasteiger partial charge in [0.1, 0.15) is 12.5 Å². The monoisotopic (exact) mass is 486 g/mol. The van der Waals surface area contributed by atoms with Gasteiger partial charge in [-0.2, -0.15) is 0 Å². The SMILES string of the molecule is CCOCCOC(=O)C1=C(C)NC2=C(C(=O)[C@H](C(=O)OC)[C@@H](C)C2)[C@@H]1c1ccc(C)c([N+](=O)[O-])c1. The first-order valence-corrected chi connectivity index (χ1v) is 11.4. The number of hydrogen-bond acceptors (Lipinski definition) is 9. The van der Waals surface area contributed by atoms with Gasteiger partial charge in [0.25, 0.3) is 5.69 Å². The van der Waals surface area contributed by atoms with Crippen molar-refractivity contribution < 1.29 is 33.5 Å². The minimum atomic E-state index is -1.04. The minimum absolute atomic E-state index is 0.00584. The second kappa shape index (κ2) is 10.8. The van der Waals surface area contributed by atoms with Crippen LogP contribution in [0.1, 0.15) is 44.2 Å². The maximum Gasteiger partial charge on any atom is 0.336 e. The fraction of sp³-hybridized carbons (Fsp3) is 0.480. The zero-order chi connectivity index (χ0) is 25.9. The number of nitrogens with zero attached hydrogens (tertiary/aromatic N) is 1. The Kier molecular flexibility index (Phi) is 8.06. The van der Waals surface area contributed by atoms with Crippen LogP contribution < -0.4 is 5.32 Å². The second-order valence-corrected chi connectivity index (χ2v) is 8.67. The zero-order valence-corrected chi connectivity index (χ0v) is 20.5. The van der Waals surface area contributed by atoms with Gasteiger partial charge in [0.2, 0.25) is 0 Å². The van der Waals surface area contributed by atoms with Crippen molar-refractivity contribution in [3.05, 3.63) is 62.0 Å². The van der Waals surface area contributed by atoms with Gasteiger partial charge in [0.05, 0.1) is 24.2 Å². The predicted molar refractivity (Wildman–Crippen MR) is 125 cm³/mol. The number of rotatable bonds is 8. The zero-order valence-electron chi connectivity index (χ0n) is 20.5. The highest BCUT2D eigenvalue weighted by Crippen LogP contribution is 2.46. The van der Waals surface area contributed by atoms with E-state index in [4.69, 9.17) is 14.2 Å². The van der Waals surface area contributed by atoms with E-state index in [0.29, 0.717) is 35.5 Å². The Hall–Kier alpha value is -3.53. The number of carbonyl (C=O) groups excluding carboxylic acids is 3. The number of dihydropyridines is 1. The molecule has 1 heterocycles. The van der Waals surface area contributed by atoms with E-state index in [-0.39, 0.29) is 36.0 Å². The van der Waals surface area contributed by atoms with Gasteiger partial charge in [-0.05, 0) is 38.7 Å². The molecule has 3 rings (SSSR count). The number of Topliss-reactive ketones (excluding diaryl/α,β-unsaturated/α-hetero) is 1. The highest BCUT2D eigenvalue weighted by atomic mass is 16.6. The van der Waals surface area contributed by atoms with Crippen molar-refractivity contribution in [1.29, 1.82) is 0 Å². The van der Waals surface area contributed by atoms with Crippen LogP contribution in [-0.2, 0) is 28.6 Å². The van der Waals surface area contributed by atoms with Crippen LogP contribution in [0.4, 0.5) is 5.69 Å². The number of nitro benzene ring substituents is 1. The normalized spacial score (nSPS) is 21.9. The number of esters is 2. The molecule has 0 saturated heterocycles. The van der Waals surface area contributed by atoms with Crippen molar-refractivity contribution in [1.82, 2.24) is 5.32 Å². The quantitative estimate of drug-likeness (QED) is 0.193. The third-order valence-electron chi connectivity index (χ3n) is 6.39. The van der Waals surface area contributed by atoms with Gasteiger partial charge >= 0.3 is 11.9 Å². The van der Waals surface area contributed by atoms with E-state index >= 15 is 0 Å². The number of methoxy groups -OCH3 is 1. The van der Waals surface area contributed by atoms with Crippen LogP contribution in [-0.4, -0.2) is 49.6 Å². The molecule has 0 bridgehead atoms. The average Bonchev–Trinajstić information content (AvgIpc) is 2.80. The Balaban J connectivity index is 2.15. The van der Waals surface area contributed by atoms with E-state index in [1.54, 1.807) is 32.9 Å². The Morgan fingerprint density at radius 3 is 2.57 bits per heavy atom. The number of ether oxygens (including phenoxy) is 3. The number of ketones is 1. The number of aryl methyl sites for hydroxylation is 1. The van der Waals surface area contributed by atoms with Crippen LogP contribution in [0.25, 0.3) is 0 Å². The second-order valence-electron chi connectivity index (χ2n) is 8.67. The summed E-state index contributed by atoms with van der Waals surface area (Å²) in [7, 11) is 1.22. The van der Waals surface area contributed by atoms with Crippen molar-refractivity contribution in [2.24, 2.45) is 11.8 Å². The van der Waals surface area contributed by atoms with Crippen molar-refractivity contribution in [3.8, 4) is 0 Å². The Morgan fingerprint density at radius 1 is 1.23 bits per heavy atom. The molecule has 35 heavy (non-hydrogen) atoms. The molecule has 1 aliphatic carbocycles. The number of hydrogen-bond donors (Lipinski definition) is 1. The van der Waals surface area contributed by atoms with E-state index in [0.717, 1.165) is 0 Å². The molecule has 2 aliphatic rings. The lowest BCUT2D eigenvalue weighted by atomic mass is 9.69. The number of benzene rings is 1. The van der Waals surface area contributed by atoms with E-state index < -0.39 is 34.5 Å². The summed E-state index contributed by atoms with van der Waals surface area (Å²) in [5.74, 6) is -4.13. The van der Waals surface area contributed by atoms with Crippen molar-refractivity contribution >= 4 is 23.4 Å². The van der Waals surface area contributed by atoms with Gasteiger partial charge in [0, 0.05) is 41.1 Å². The summed E-state index contributed by atoms with van der Waals surface area (Å²) in [6.07, 6.45) is 0.370. The maximum absolute atomic E-state index is 13.7. The molecule has 0 saturated carbocycles. The molecule has 1 N–H and O–H groups in total. The first-order valence-electron chi connectivity index (χ1n) is 11.4. The van der Waals surface area contributed by atoms with E-state index in [1.165, 1.54) is 13.2 Å². The molecule has 10 heteroatoms. The Morgan fingerprint density at radius 2 is 1.94 bits per heavy atom. The van der Waals surface area contributed by atoms with Gasteiger partial charge in [-0.3, -0.25) is 19.7 Å². The molecule has 1 aromatic carbocycles. The number of nitro groups is 1. The molecule has 0 fully saturated rings. The standard InChI is InChI=1S/C25H30N2O8/c1-6-34-9-10-35-25(30)20-15(4)26-17-11-14(3)19(24(29)33-5)23(28)22(17)21(20)16-8-7-13(2)18(12-16)27(31)32/h7-8,12,14,19,21,26H,6,9-11H2,1-5H3/t14-,19+,21+/m0/s1. The number of carbonyl (C=O) groups is 3. The lowest BCUT2D eigenvalue weighted by Crippen LogP contribution is -2.43. The molecule has 0 spiro atoms. The molecule has 0 radical (unpaired) electrons. The lowest BCUT2D eigenvalue weighted by molar-refractivity contribution is -0.385. The summed E-state index contributed by atoms with van der Waals surface area (Å²) in [4.78, 5) is 50.5. The molecule has 0 aromatic heterocycles. The largest absolute Gasteiger partial charge is 0.468 e. The van der Waals surface area contributed by atoms with Crippen LogP contribution in [0.2, 0.25) is 0 Å². The van der Waals surface area contributed by atoms with Crippen molar-refractivity contribution in [2.75, 3.05) is 26.9 Å². The van der Waals surface area contributed by atoms with Gasteiger partial charge in [-0.25, -0.2) is 4.79 Å². The molecular formula is C25H30N2O8. The Labute approximate surface area is 203 Å². The van der Waals surface area contributed by atoms with Crippen LogP contribution in [0.5, 0.6) is 0 Å². The minimum Gasteiger partial charge on any atom is -0.468 e. The van der Waals surface area contributed by atoms with Crippen LogP contribution in [0.15, 0.2) is 40.7 Å². The molecule has 188 valence electrons. The first-order chi connectivity index (χ1) is 16.6. The highest BCUT2D eigenvalue weighted by molar-refractivity contribution is 6.12. The number of nitrogens with one attached hydrogen (secondary N) is 1. The first kappa shape index (κ1) is 26.1. The van der Waals surface area contributed by atoms with E-state index in [2.05, 4.69) is 5.32 Å². The summed E-state index contributed by atoms with van der Waals surface area (Å²) in [5.41, 5.74) is 2.14.